The second-order valence-electron chi connectivity index (χ2n) is 4.49. The van der Waals surface area contributed by atoms with Crippen molar-refractivity contribution in [1.82, 2.24) is 10.3 Å². The normalized spacial score (nSPS) is 19.7. The van der Waals surface area contributed by atoms with Gasteiger partial charge in [0.1, 0.15) is 0 Å². The fourth-order valence-electron chi connectivity index (χ4n) is 2.53. The van der Waals surface area contributed by atoms with E-state index in [2.05, 4.69) is 10.3 Å². The van der Waals surface area contributed by atoms with Crippen LogP contribution in [-0.4, -0.2) is 30.5 Å². The molecule has 1 aromatic carbocycles. The van der Waals surface area contributed by atoms with Gasteiger partial charge in [0, 0.05) is 29.7 Å². The number of pyridine rings is 1. The van der Waals surface area contributed by atoms with Gasteiger partial charge in [0.15, 0.2) is 0 Å². The molecule has 3 rings (SSSR count). The van der Waals surface area contributed by atoms with Gasteiger partial charge in [-0.15, -0.1) is 0 Å². The molecule has 0 aliphatic carbocycles. The number of aromatic nitrogens is 1. The van der Waals surface area contributed by atoms with Crippen LogP contribution in [0.4, 0.5) is 5.69 Å². The minimum atomic E-state index is -0.0536. The zero-order chi connectivity index (χ0) is 12.5. The van der Waals surface area contributed by atoms with Gasteiger partial charge in [0.2, 0.25) is 5.91 Å². The van der Waals surface area contributed by atoms with Gasteiger partial charge in [-0.05, 0) is 25.6 Å². The van der Waals surface area contributed by atoms with Gasteiger partial charge in [-0.3, -0.25) is 9.78 Å². The lowest BCUT2D eigenvalue weighted by Gasteiger charge is -2.18. The third-order valence-corrected chi connectivity index (χ3v) is 3.50. The summed E-state index contributed by atoms with van der Waals surface area (Å²) in [5, 5.41) is 5.20. The molecule has 0 bridgehead atoms. The van der Waals surface area contributed by atoms with Crippen LogP contribution in [0, 0.1) is 0 Å². The number of nitrogens with one attached hydrogen (secondary N) is 1. The summed E-state index contributed by atoms with van der Waals surface area (Å²) < 4.78 is 0. The number of anilines is 1. The summed E-state index contributed by atoms with van der Waals surface area (Å²) in [7, 11) is 1.83. The molecule has 1 aromatic heterocycles. The molecule has 18 heavy (non-hydrogen) atoms. The Kier molecular flexibility index (Phi) is 2.72. The van der Waals surface area contributed by atoms with Crippen molar-refractivity contribution in [2.24, 2.45) is 0 Å². The largest absolute Gasteiger partial charge is 0.310 e. The van der Waals surface area contributed by atoms with Gasteiger partial charge in [0.05, 0.1) is 11.7 Å². The van der Waals surface area contributed by atoms with Crippen LogP contribution in [0.2, 0.25) is 0 Å². The number of carbonyl (C=O) groups is 1. The standard InChI is InChI=1S/C14H15N3O/c1-15-12-6-8-17(14(12)18)13-4-2-3-10-9-16-7-5-11(10)13/h2-5,7,9,12,15H,6,8H2,1H3. The Hall–Kier alpha value is -1.94. The molecule has 1 unspecified atom stereocenters. The highest BCUT2D eigenvalue weighted by Crippen LogP contribution is 2.29. The predicted molar refractivity (Wildman–Crippen MR) is 71.6 cm³/mol. The van der Waals surface area contributed by atoms with Crippen molar-refractivity contribution < 1.29 is 4.79 Å². The summed E-state index contributed by atoms with van der Waals surface area (Å²) in [6, 6.07) is 7.89. The minimum Gasteiger partial charge on any atom is -0.310 e. The van der Waals surface area contributed by atoms with Crippen molar-refractivity contribution >= 4 is 22.4 Å². The van der Waals surface area contributed by atoms with Crippen molar-refractivity contribution in [1.29, 1.82) is 0 Å². The first kappa shape index (κ1) is 11.2. The lowest BCUT2D eigenvalue weighted by atomic mass is 10.1. The summed E-state index contributed by atoms with van der Waals surface area (Å²) >= 11 is 0. The van der Waals surface area contributed by atoms with Crippen LogP contribution in [-0.2, 0) is 4.79 Å². The Morgan fingerprint density at radius 3 is 3.06 bits per heavy atom. The van der Waals surface area contributed by atoms with E-state index < -0.39 is 0 Å². The van der Waals surface area contributed by atoms with Crippen molar-refractivity contribution in [2.75, 3.05) is 18.5 Å². The lowest BCUT2D eigenvalue weighted by molar-refractivity contribution is -0.118. The fourth-order valence-corrected chi connectivity index (χ4v) is 2.53. The Bertz CT molecular complexity index is 591. The maximum atomic E-state index is 12.2. The van der Waals surface area contributed by atoms with Gasteiger partial charge < -0.3 is 10.2 Å². The molecule has 1 aliphatic heterocycles. The molecule has 1 N–H and O–H groups in total. The number of fused-ring (bicyclic) bond motifs is 1. The Balaban J connectivity index is 2.08. The van der Waals surface area contributed by atoms with Crippen LogP contribution in [0.3, 0.4) is 0 Å². The molecule has 1 aliphatic rings. The van der Waals surface area contributed by atoms with Gasteiger partial charge in [-0.1, -0.05) is 12.1 Å². The maximum absolute atomic E-state index is 12.2. The first-order chi connectivity index (χ1) is 8.81. The van der Waals surface area contributed by atoms with E-state index in [1.54, 1.807) is 6.20 Å². The van der Waals surface area contributed by atoms with Gasteiger partial charge in [-0.2, -0.15) is 0 Å². The van der Waals surface area contributed by atoms with Crippen molar-refractivity contribution in [3.8, 4) is 0 Å². The van der Waals surface area contributed by atoms with Crippen molar-refractivity contribution in [3.05, 3.63) is 36.7 Å². The van der Waals surface area contributed by atoms with E-state index in [9.17, 15) is 4.79 Å². The number of carbonyl (C=O) groups excluding carboxylic acids is 1. The van der Waals surface area contributed by atoms with Crippen LogP contribution in [0.5, 0.6) is 0 Å². The molecule has 2 heterocycles. The smallest absolute Gasteiger partial charge is 0.244 e. The average molecular weight is 241 g/mol. The number of likely N-dealkylation sites (N-methyl/N-ethyl adjacent to an activating group) is 1. The number of amides is 1. The third-order valence-electron chi connectivity index (χ3n) is 3.50. The predicted octanol–water partition coefficient (Wildman–Crippen LogP) is 1.56. The summed E-state index contributed by atoms with van der Waals surface area (Å²) in [4.78, 5) is 18.2. The van der Waals surface area contributed by atoms with Crippen LogP contribution < -0.4 is 10.2 Å². The molecule has 0 radical (unpaired) electrons. The molecule has 0 spiro atoms. The van der Waals surface area contributed by atoms with Crippen LogP contribution >= 0.6 is 0 Å². The molecule has 2 aromatic rings. The SMILES string of the molecule is CNC1CCN(c2cccc3cnccc23)C1=O. The summed E-state index contributed by atoms with van der Waals surface area (Å²) in [6.45, 7) is 0.770. The zero-order valence-corrected chi connectivity index (χ0v) is 10.3. The van der Waals surface area contributed by atoms with E-state index in [0.717, 1.165) is 29.4 Å². The average Bonchev–Trinajstić information content (AvgIpc) is 2.79. The molecular weight excluding hydrogens is 226 g/mol. The van der Waals surface area contributed by atoms with E-state index >= 15 is 0 Å². The van der Waals surface area contributed by atoms with Crippen LogP contribution in [0.1, 0.15) is 6.42 Å². The number of benzene rings is 1. The van der Waals surface area contributed by atoms with Crippen LogP contribution in [0.15, 0.2) is 36.7 Å². The molecule has 4 nitrogen and oxygen atoms in total. The second kappa shape index (κ2) is 4.38. The highest BCUT2D eigenvalue weighted by Gasteiger charge is 2.31. The molecular formula is C14H15N3O. The topological polar surface area (TPSA) is 45.2 Å². The molecule has 1 atom stereocenters. The summed E-state index contributed by atoms with van der Waals surface area (Å²) in [6.07, 6.45) is 4.45. The Morgan fingerprint density at radius 1 is 1.39 bits per heavy atom. The summed E-state index contributed by atoms with van der Waals surface area (Å²) in [5.74, 6) is 0.154. The van der Waals surface area contributed by atoms with Gasteiger partial charge >= 0.3 is 0 Å². The van der Waals surface area contributed by atoms with E-state index in [0.29, 0.717) is 0 Å². The monoisotopic (exact) mass is 241 g/mol. The molecule has 92 valence electrons. The first-order valence-electron chi connectivity index (χ1n) is 6.12. The molecule has 1 amide bonds. The van der Waals surface area contributed by atoms with Crippen molar-refractivity contribution in [3.63, 3.8) is 0 Å². The van der Waals surface area contributed by atoms with Crippen molar-refractivity contribution in [2.45, 2.75) is 12.5 Å². The fraction of sp³-hybridized carbons (Fsp3) is 0.286. The molecule has 1 saturated heterocycles. The first-order valence-corrected chi connectivity index (χ1v) is 6.12. The molecule has 4 heteroatoms. The second-order valence-corrected chi connectivity index (χ2v) is 4.49. The maximum Gasteiger partial charge on any atom is 0.244 e. The minimum absolute atomic E-state index is 0.0536. The highest BCUT2D eigenvalue weighted by molar-refractivity contribution is 6.06. The summed E-state index contributed by atoms with van der Waals surface area (Å²) in [5.41, 5.74) is 0.984. The third kappa shape index (κ3) is 1.66. The van der Waals surface area contributed by atoms with Gasteiger partial charge in [-0.25, -0.2) is 0 Å². The quantitative estimate of drug-likeness (QED) is 0.868. The number of nitrogens with zero attached hydrogens (tertiary/aromatic N) is 2. The van der Waals surface area contributed by atoms with Gasteiger partial charge in [0.25, 0.3) is 0 Å². The van der Waals surface area contributed by atoms with E-state index in [1.807, 2.05) is 42.4 Å². The lowest BCUT2D eigenvalue weighted by Crippen LogP contribution is -2.36. The number of rotatable bonds is 2. The van der Waals surface area contributed by atoms with E-state index in [1.165, 1.54) is 0 Å². The van der Waals surface area contributed by atoms with E-state index in [4.69, 9.17) is 0 Å². The Labute approximate surface area is 106 Å². The zero-order valence-electron chi connectivity index (χ0n) is 10.3. The number of hydrogen-bond donors (Lipinski definition) is 1. The number of hydrogen-bond acceptors (Lipinski definition) is 3. The van der Waals surface area contributed by atoms with E-state index in [-0.39, 0.29) is 11.9 Å². The van der Waals surface area contributed by atoms with Crippen LogP contribution in [0.25, 0.3) is 10.8 Å². The Morgan fingerprint density at radius 2 is 2.28 bits per heavy atom. The molecule has 0 saturated carbocycles. The highest BCUT2D eigenvalue weighted by atomic mass is 16.2. The molecule has 1 fully saturated rings.